The van der Waals surface area contributed by atoms with E-state index in [0.29, 0.717) is 13.0 Å². The van der Waals surface area contributed by atoms with Crippen LogP contribution in [0.15, 0.2) is 24.3 Å². The maximum atomic E-state index is 11.6. The minimum atomic E-state index is -0.108. The maximum Gasteiger partial charge on any atom is 0.221 e. The number of hydrogen-bond donors (Lipinski definition) is 3. The Balaban J connectivity index is 0.00000361. The van der Waals surface area contributed by atoms with Gasteiger partial charge in [0.2, 0.25) is 11.8 Å². The van der Waals surface area contributed by atoms with Gasteiger partial charge < -0.3 is 16.0 Å². The van der Waals surface area contributed by atoms with Crippen LogP contribution in [-0.4, -0.2) is 25.4 Å². The van der Waals surface area contributed by atoms with Crippen molar-refractivity contribution in [2.24, 2.45) is 0 Å². The minimum Gasteiger partial charge on any atom is -0.350 e. The van der Waals surface area contributed by atoms with Gasteiger partial charge in [0, 0.05) is 25.6 Å². The SMILES string of the molecule is CNCCC(=O)NC(C)c1cccc(NC(C)=O)c1.Cl. The van der Waals surface area contributed by atoms with Crippen LogP contribution >= 0.6 is 12.4 Å². The van der Waals surface area contributed by atoms with Crippen molar-refractivity contribution in [3.8, 4) is 0 Å². The minimum absolute atomic E-state index is 0. The average Bonchev–Trinajstić information content (AvgIpc) is 2.35. The van der Waals surface area contributed by atoms with Gasteiger partial charge in [0.1, 0.15) is 0 Å². The van der Waals surface area contributed by atoms with Crippen molar-refractivity contribution in [1.82, 2.24) is 10.6 Å². The molecule has 2 amide bonds. The Bertz CT molecular complexity index is 452. The van der Waals surface area contributed by atoms with Gasteiger partial charge in [-0.25, -0.2) is 0 Å². The molecule has 0 spiro atoms. The van der Waals surface area contributed by atoms with Crippen molar-refractivity contribution < 1.29 is 9.59 Å². The van der Waals surface area contributed by atoms with E-state index >= 15 is 0 Å². The van der Waals surface area contributed by atoms with Crippen LogP contribution in [0, 0.1) is 0 Å². The fourth-order valence-electron chi connectivity index (χ4n) is 1.72. The normalized spacial score (nSPS) is 11.2. The maximum absolute atomic E-state index is 11.6. The Kier molecular flexibility index (Phi) is 8.59. The van der Waals surface area contributed by atoms with Crippen LogP contribution in [0.25, 0.3) is 0 Å². The smallest absolute Gasteiger partial charge is 0.221 e. The molecule has 0 fully saturated rings. The van der Waals surface area contributed by atoms with Crippen LogP contribution in [0.4, 0.5) is 5.69 Å². The Hall–Kier alpha value is -1.59. The van der Waals surface area contributed by atoms with Gasteiger partial charge >= 0.3 is 0 Å². The van der Waals surface area contributed by atoms with Gasteiger partial charge in [-0.1, -0.05) is 12.1 Å². The van der Waals surface area contributed by atoms with Crippen LogP contribution < -0.4 is 16.0 Å². The molecule has 1 aromatic rings. The Labute approximate surface area is 125 Å². The first-order valence-electron chi connectivity index (χ1n) is 6.34. The lowest BCUT2D eigenvalue weighted by Crippen LogP contribution is -2.29. The third-order valence-corrected chi connectivity index (χ3v) is 2.69. The largest absolute Gasteiger partial charge is 0.350 e. The molecule has 0 aliphatic rings. The van der Waals surface area contributed by atoms with Crippen molar-refractivity contribution in [1.29, 1.82) is 0 Å². The number of carbonyl (C=O) groups excluding carboxylic acids is 2. The fraction of sp³-hybridized carbons (Fsp3) is 0.429. The predicted molar refractivity (Wildman–Crippen MR) is 83.1 cm³/mol. The average molecular weight is 300 g/mol. The van der Waals surface area contributed by atoms with Gasteiger partial charge in [-0.3, -0.25) is 9.59 Å². The number of halogens is 1. The number of carbonyl (C=O) groups is 2. The third kappa shape index (κ3) is 6.54. The van der Waals surface area contributed by atoms with Crippen molar-refractivity contribution in [2.75, 3.05) is 18.9 Å². The zero-order valence-corrected chi connectivity index (χ0v) is 12.8. The van der Waals surface area contributed by atoms with Crippen LogP contribution in [0.2, 0.25) is 0 Å². The summed E-state index contributed by atoms with van der Waals surface area (Å²) in [7, 11) is 1.81. The molecule has 20 heavy (non-hydrogen) atoms. The van der Waals surface area contributed by atoms with Crippen molar-refractivity contribution in [3.05, 3.63) is 29.8 Å². The number of amides is 2. The Morgan fingerprint density at radius 1 is 1.30 bits per heavy atom. The summed E-state index contributed by atoms with van der Waals surface area (Å²) in [6, 6.07) is 7.38. The molecular formula is C14H22ClN3O2. The zero-order valence-electron chi connectivity index (χ0n) is 12.0. The Morgan fingerprint density at radius 3 is 2.60 bits per heavy atom. The standard InChI is InChI=1S/C14H21N3O2.ClH/c1-10(16-14(19)7-8-15-3)12-5-4-6-13(9-12)17-11(2)18;/h4-6,9-10,15H,7-8H2,1-3H3,(H,16,19)(H,17,18);1H. The first-order valence-corrected chi connectivity index (χ1v) is 6.34. The van der Waals surface area contributed by atoms with Gasteiger partial charge in [0.05, 0.1) is 6.04 Å². The molecule has 0 bridgehead atoms. The summed E-state index contributed by atoms with van der Waals surface area (Å²) in [6.07, 6.45) is 0.451. The molecule has 1 aromatic carbocycles. The number of nitrogens with one attached hydrogen (secondary N) is 3. The molecule has 1 unspecified atom stereocenters. The van der Waals surface area contributed by atoms with Crippen LogP contribution in [0.3, 0.4) is 0 Å². The van der Waals surface area contributed by atoms with E-state index in [1.807, 2.05) is 38.2 Å². The van der Waals surface area contributed by atoms with E-state index in [0.717, 1.165) is 11.3 Å². The summed E-state index contributed by atoms with van der Waals surface area (Å²) in [5.74, 6) is -0.102. The molecule has 6 heteroatoms. The lowest BCUT2D eigenvalue weighted by atomic mass is 10.1. The fourth-order valence-corrected chi connectivity index (χ4v) is 1.72. The highest BCUT2D eigenvalue weighted by molar-refractivity contribution is 5.88. The van der Waals surface area contributed by atoms with Gasteiger partial charge in [-0.2, -0.15) is 0 Å². The van der Waals surface area contributed by atoms with Crippen LogP contribution in [0.1, 0.15) is 31.9 Å². The lowest BCUT2D eigenvalue weighted by Gasteiger charge is -2.15. The second kappa shape index (κ2) is 9.34. The summed E-state index contributed by atoms with van der Waals surface area (Å²) >= 11 is 0. The van der Waals surface area contributed by atoms with E-state index in [2.05, 4.69) is 16.0 Å². The second-order valence-corrected chi connectivity index (χ2v) is 4.45. The van der Waals surface area contributed by atoms with Gasteiger partial charge in [0.25, 0.3) is 0 Å². The third-order valence-electron chi connectivity index (χ3n) is 2.69. The zero-order chi connectivity index (χ0) is 14.3. The van der Waals surface area contributed by atoms with Gasteiger partial charge in [-0.05, 0) is 31.7 Å². The van der Waals surface area contributed by atoms with Gasteiger partial charge in [-0.15, -0.1) is 12.4 Å². The second-order valence-electron chi connectivity index (χ2n) is 4.45. The number of anilines is 1. The molecule has 0 radical (unpaired) electrons. The molecule has 1 atom stereocenters. The van der Waals surface area contributed by atoms with E-state index in [9.17, 15) is 9.59 Å². The topological polar surface area (TPSA) is 70.2 Å². The van der Waals surface area contributed by atoms with Crippen molar-refractivity contribution >= 4 is 29.9 Å². The molecule has 5 nitrogen and oxygen atoms in total. The van der Waals surface area contributed by atoms with Crippen molar-refractivity contribution in [2.45, 2.75) is 26.3 Å². The molecular weight excluding hydrogens is 278 g/mol. The summed E-state index contributed by atoms with van der Waals surface area (Å²) in [6.45, 7) is 4.05. The highest BCUT2D eigenvalue weighted by Gasteiger charge is 2.09. The molecule has 0 saturated heterocycles. The van der Waals surface area contributed by atoms with Gasteiger partial charge in [0.15, 0.2) is 0 Å². The summed E-state index contributed by atoms with van der Waals surface area (Å²) < 4.78 is 0. The molecule has 1 rings (SSSR count). The van der Waals surface area contributed by atoms with E-state index in [-0.39, 0.29) is 30.3 Å². The summed E-state index contributed by atoms with van der Waals surface area (Å²) in [4.78, 5) is 22.6. The molecule has 0 saturated carbocycles. The van der Waals surface area contributed by atoms with E-state index in [4.69, 9.17) is 0 Å². The van der Waals surface area contributed by atoms with Crippen molar-refractivity contribution in [3.63, 3.8) is 0 Å². The van der Waals surface area contributed by atoms with Crippen LogP contribution in [-0.2, 0) is 9.59 Å². The number of benzene rings is 1. The van der Waals surface area contributed by atoms with E-state index in [1.165, 1.54) is 6.92 Å². The monoisotopic (exact) mass is 299 g/mol. The predicted octanol–water partition coefficient (Wildman–Crippen LogP) is 1.85. The Morgan fingerprint density at radius 2 is 2.00 bits per heavy atom. The summed E-state index contributed by atoms with van der Waals surface area (Å²) in [5.41, 5.74) is 1.70. The molecule has 0 aliphatic heterocycles. The molecule has 3 N–H and O–H groups in total. The molecule has 0 aromatic heterocycles. The van der Waals surface area contributed by atoms with E-state index in [1.54, 1.807) is 0 Å². The first kappa shape index (κ1) is 18.4. The van der Waals surface area contributed by atoms with E-state index < -0.39 is 0 Å². The number of hydrogen-bond acceptors (Lipinski definition) is 3. The lowest BCUT2D eigenvalue weighted by molar-refractivity contribution is -0.121. The number of rotatable bonds is 6. The quantitative estimate of drug-likeness (QED) is 0.751. The molecule has 112 valence electrons. The van der Waals surface area contributed by atoms with Crippen LogP contribution in [0.5, 0.6) is 0 Å². The molecule has 0 heterocycles. The highest BCUT2D eigenvalue weighted by Crippen LogP contribution is 2.17. The summed E-state index contributed by atoms with van der Waals surface area (Å²) in [5, 5.41) is 8.58. The molecule has 0 aliphatic carbocycles. The highest BCUT2D eigenvalue weighted by atomic mass is 35.5. The first-order chi connectivity index (χ1) is 9.02.